The molecule has 2 N–H and O–H groups in total. The van der Waals surface area contributed by atoms with Crippen molar-refractivity contribution >= 4 is 11.7 Å². The molecule has 0 atom stereocenters. The summed E-state index contributed by atoms with van der Waals surface area (Å²) in [6.45, 7) is 0. The molecule has 0 unspecified atom stereocenters. The number of anilines is 1. The van der Waals surface area contributed by atoms with E-state index in [9.17, 15) is 36.2 Å². The Morgan fingerprint density at radius 1 is 1.08 bits per heavy atom. The first kappa shape index (κ1) is 20.1. The molecule has 0 bridgehead atoms. The molecular formula is C14H15F6NO3. The van der Waals surface area contributed by atoms with Crippen LogP contribution in [0.25, 0.3) is 0 Å². The molecule has 0 aliphatic rings. The van der Waals surface area contributed by atoms with E-state index in [1.165, 1.54) is 19.0 Å². The fourth-order valence-electron chi connectivity index (χ4n) is 2.15. The van der Waals surface area contributed by atoms with Gasteiger partial charge in [-0.3, -0.25) is 4.79 Å². The minimum absolute atomic E-state index is 0.0410. The first-order valence-electron chi connectivity index (χ1n) is 6.60. The number of carboxylic acid groups (broad SMARTS) is 1. The zero-order valence-electron chi connectivity index (χ0n) is 12.7. The Labute approximate surface area is 133 Å². The van der Waals surface area contributed by atoms with Gasteiger partial charge in [-0.05, 0) is 18.1 Å². The van der Waals surface area contributed by atoms with Gasteiger partial charge >= 0.3 is 18.3 Å². The van der Waals surface area contributed by atoms with E-state index in [0.29, 0.717) is 12.1 Å². The molecule has 10 heteroatoms. The number of rotatable bonds is 5. The molecule has 1 aromatic carbocycles. The van der Waals surface area contributed by atoms with E-state index in [1.54, 1.807) is 0 Å². The predicted octanol–water partition coefficient (Wildman–Crippen LogP) is 3.08. The van der Waals surface area contributed by atoms with Crippen molar-refractivity contribution in [2.45, 2.75) is 30.8 Å². The summed E-state index contributed by atoms with van der Waals surface area (Å²) in [5.41, 5.74) is -6.19. The highest BCUT2D eigenvalue weighted by molar-refractivity contribution is 5.68. The summed E-state index contributed by atoms with van der Waals surface area (Å²) in [7, 11) is 2.76. The van der Waals surface area contributed by atoms with E-state index < -0.39 is 29.5 Å². The molecule has 0 saturated carbocycles. The van der Waals surface area contributed by atoms with Gasteiger partial charge in [-0.2, -0.15) is 26.3 Å². The summed E-state index contributed by atoms with van der Waals surface area (Å²) in [6.07, 6.45) is -12.4. The summed E-state index contributed by atoms with van der Waals surface area (Å²) in [4.78, 5) is 11.8. The average molecular weight is 359 g/mol. The zero-order valence-corrected chi connectivity index (χ0v) is 12.7. The smallest absolute Gasteiger partial charge is 0.430 e. The number of hydrogen-bond donors (Lipinski definition) is 2. The van der Waals surface area contributed by atoms with Gasteiger partial charge < -0.3 is 15.1 Å². The molecule has 0 saturated heterocycles. The van der Waals surface area contributed by atoms with Crippen LogP contribution in [0, 0.1) is 0 Å². The minimum Gasteiger partial charge on any atom is -0.481 e. The Morgan fingerprint density at radius 3 is 1.96 bits per heavy atom. The van der Waals surface area contributed by atoms with Crippen LogP contribution in [0.3, 0.4) is 0 Å². The molecule has 0 fully saturated rings. The van der Waals surface area contributed by atoms with E-state index in [0.717, 1.165) is 6.07 Å². The lowest BCUT2D eigenvalue weighted by atomic mass is 9.90. The van der Waals surface area contributed by atoms with Gasteiger partial charge in [0.15, 0.2) is 0 Å². The van der Waals surface area contributed by atoms with Crippen LogP contribution in [0.5, 0.6) is 0 Å². The van der Waals surface area contributed by atoms with Crippen molar-refractivity contribution in [1.82, 2.24) is 0 Å². The number of benzene rings is 1. The van der Waals surface area contributed by atoms with Crippen molar-refractivity contribution in [3.05, 3.63) is 29.3 Å². The van der Waals surface area contributed by atoms with Crippen molar-refractivity contribution in [3.63, 3.8) is 0 Å². The van der Waals surface area contributed by atoms with Gasteiger partial charge in [-0.15, -0.1) is 0 Å². The van der Waals surface area contributed by atoms with Crippen LogP contribution in [0.1, 0.15) is 17.5 Å². The number of hydrogen-bond acceptors (Lipinski definition) is 3. The van der Waals surface area contributed by atoms with Crippen molar-refractivity contribution in [3.8, 4) is 0 Å². The number of carbonyl (C=O) groups is 1. The molecule has 0 aliphatic carbocycles. The second-order valence-corrected chi connectivity index (χ2v) is 5.34. The third-order valence-electron chi connectivity index (χ3n) is 3.41. The zero-order chi connectivity index (χ0) is 18.9. The molecule has 0 aromatic heterocycles. The van der Waals surface area contributed by atoms with Crippen LogP contribution >= 0.6 is 0 Å². The quantitative estimate of drug-likeness (QED) is 0.794. The number of nitrogens with zero attached hydrogens (tertiary/aromatic N) is 1. The van der Waals surface area contributed by atoms with Gasteiger partial charge in [-0.1, -0.05) is 12.1 Å². The number of aryl methyl sites for hydroxylation is 1. The van der Waals surface area contributed by atoms with Crippen LogP contribution in [0.2, 0.25) is 0 Å². The van der Waals surface area contributed by atoms with E-state index in [1.807, 2.05) is 0 Å². The first-order valence-corrected chi connectivity index (χ1v) is 6.60. The maximum absolute atomic E-state index is 12.9. The van der Waals surface area contributed by atoms with E-state index >= 15 is 0 Å². The van der Waals surface area contributed by atoms with Crippen LogP contribution in [-0.2, 0) is 16.8 Å². The molecule has 0 amide bonds. The molecule has 136 valence electrons. The number of alkyl halides is 6. The maximum Gasteiger partial charge on any atom is 0.430 e. The van der Waals surface area contributed by atoms with E-state index in [-0.39, 0.29) is 24.1 Å². The van der Waals surface area contributed by atoms with Gasteiger partial charge in [0, 0.05) is 31.8 Å². The van der Waals surface area contributed by atoms with Crippen LogP contribution in [0.4, 0.5) is 32.0 Å². The Bertz CT molecular complexity index is 596. The highest BCUT2D eigenvalue weighted by atomic mass is 19.4. The lowest BCUT2D eigenvalue weighted by molar-refractivity contribution is -0.376. The van der Waals surface area contributed by atoms with Gasteiger partial charge in [0.1, 0.15) is 0 Å². The number of carboxylic acids is 1. The molecule has 0 radical (unpaired) electrons. The van der Waals surface area contributed by atoms with E-state index in [4.69, 9.17) is 5.11 Å². The minimum atomic E-state index is -5.97. The largest absolute Gasteiger partial charge is 0.481 e. The SMILES string of the molecule is CN(C)c1cc(C(O)(C(F)(F)F)C(F)(F)F)ccc1CCC(=O)O. The molecule has 0 aliphatic heterocycles. The third-order valence-corrected chi connectivity index (χ3v) is 3.41. The highest BCUT2D eigenvalue weighted by Crippen LogP contribution is 2.50. The second-order valence-electron chi connectivity index (χ2n) is 5.34. The van der Waals surface area contributed by atoms with Gasteiger partial charge in [0.05, 0.1) is 0 Å². The number of aliphatic hydroxyl groups is 1. The third kappa shape index (κ3) is 3.74. The van der Waals surface area contributed by atoms with Crippen LogP contribution in [0.15, 0.2) is 18.2 Å². The van der Waals surface area contributed by atoms with Crippen LogP contribution in [-0.4, -0.2) is 42.6 Å². The summed E-state index contributed by atoms with van der Waals surface area (Å²) in [6, 6.07) is 2.03. The summed E-state index contributed by atoms with van der Waals surface area (Å²) in [5, 5.41) is 18.1. The van der Waals surface area contributed by atoms with Crippen molar-refractivity contribution in [2.24, 2.45) is 0 Å². The summed E-state index contributed by atoms with van der Waals surface area (Å²) >= 11 is 0. The van der Waals surface area contributed by atoms with Crippen molar-refractivity contribution in [1.29, 1.82) is 0 Å². The van der Waals surface area contributed by atoms with Crippen molar-refractivity contribution in [2.75, 3.05) is 19.0 Å². The normalized spacial score (nSPS) is 13.0. The Kier molecular flexibility index (Phi) is 5.44. The highest BCUT2D eigenvalue weighted by Gasteiger charge is 2.71. The monoisotopic (exact) mass is 359 g/mol. The molecule has 24 heavy (non-hydrogen) atoms. The summed E-state index contributed by atoms with van der Waals surface area (Å²) < 4.78 is 77.5. The van der Waals surface area contributed by atoms with Crippen LogP contribution < -0.4 is 4.90 Å². The Balaban J connectivity index is 3.49. The number of aliphatic carboxylic acids is 1. The first-order chi connectivity index (χ1) is 10.7. The Hall–Kier alpha value is -1.97. The average Bonchev–Trinajstić information content (AvgIpc) is 2.41. The predicted molar refractivity (Wildman–Crippen MR) is 72.7 cm³/mol. The topological polar surface area (TPSA) is 60.8 Å². The maximum atomic E-state index is 12.9. The van der Waals surface area contributed by atoms with Gasteiger partial charge in [-0.25, -0.2) is 0 Å². The van der Waals surface area contributed by atoms with Gasteiger partial charge in [0.25, 0.3) is 5.60 Å². The fourth-order valence-corrected chi connectivity index (χ4v) is 2.15. The Morgan fingerprint density at radius 2 is 1.58 bits per heavy atom. The fraction of sp³-hybridized carbons (Fsp3) is 0.500. The lowest BCUT2D eigenvalue weighted by Crippen LogP contribution is -2.54. The molecule has 0 heterocycles. The standard InChI is InChI=1S/C14H15F6NO3/c1-21(2)10-7-9(5-3-8(10)4-6-11(22)23)12(24,13(15,16)17)14(18,19)20/h3,5,7,24H,4,6H2,1-2H3,(H,22,23). The molecule has 0 spiro atoms. The van der Waals surface area contributed by atoms with Crippen molar-refractivity contribution < 1.29 is 41.4 Å². The lowest BCUT2D eigenvalue weighted by Gasteiger charge is -2.33. The molecule has 1 rings (SSSR count). The number of halogens is 6. The summed E-state index contributed by atoms with van der Waals surface area (Å²) in [5.74, 6) is -1.16. The van der Waals surface area contributed by atoms with Gasteiger partial charge in [0.2, 0.25) is 0 Å². The molecular weight excluding hydrogens is 344 g/mol. The molecule has 1 aromatic rings. The second kappa shape index (κ2) is 6.50. The van der Waals surface area contributed by atoms with E-state index in [2.05, 4.69) is 0 Å². The molecule has 4 nitrogen and oxygen atoms in total.